The van der Waals surface area contributed by atoms with Crippen molar-refractivity contribution in [2.24, 2.45) is 0 Å². The summed E-state index contributed by atoms with van der Waals surface area (Å²) in [7, 11) is -2.50. The third-order valence-corrected chi connectivity index (χ3v) is 4.47. The van der Waals surface area contributed by atoms with Gasteiger partial charge < -0.3 is 34.5 Å². The molecule has 1 aliphatic rings. The first-order valence-electron chi connectivity index (χ1n) is 9.14. The van der Waals surface area contributed by atoms with Crippen molar-refractivity contribution in [3.05, 3.63) is 22.2 Å². The number of aromatic nitrogens is 2. The number of rotatable bonds is 8. The number of halogens is 4. The number of ether oxygens (including phenoxy) is 3. The molecular weight excluding hydrogens is 502 g/mol. The van der Waals surface area contributed by atoms with E-state index in [1.807, 2.05) is 0 Å². The lowest BCUT2D eigenvalue weighted by Gasteiger charge is -2.19. The molecule has 1 aliphatic heterocycles. The Kier molecular flexibility index (Phi) is 11.7. The van der Waals surface area contributed by atoms with Gasteiger partial charge in [0, 0.05) is 19.0 Å². The van der Waals surface area contributed by atoms with E-state index in [2.05, 4.69) is 26.1 Å². The predicted octanol–water partition coefficient (Wildman–Crippen LogP) is 2.12. The summed E-state index contributed by atoms with van der Waals surface area (Å²) in [4.78, 5) is 35.8. The lowest BCUT2D eigenvalue weighted by molar-refractivity contribution is -0.138. The molecule has 17 heteroatoms. The second kappa shape index (κ2) is 13.2. The van der Waals surface area contributed by atoms with E-state index in [9.17, 15) is 32.8 Å². The van der Waals surface area contributed by atoms with Crippen molar-refractivity contribution in [1.82, 2.24) is 9.55 Å². The summed E-state index contributed by atoms with van der Waals surface area (Å²) in [5.41, 5.74) is 2.65. The van der Waals surface area contributed by atoms with Crippen molar-refractivity contribution in [1.29, 1.82) is 0 Å². The highest BCUT2D eigenvalue weighted by molar-refractivity contribution is 7.40. The molecule has 0 aliphatic carbocycles. The van der Waals surface area contributed by atoms with Gasteiger partial charge in [0.1, 0.15) is 17.5 Å². The fraction of sp³-hybridized carbons (Fsp3) is 0.688. The maximum atomic E-state index is 13.0. The summed E-state index contributed by atoms with van der Waals surface area (Å²) in [6.45, 7) is 2.21. The number of aliphatic hydroxyl groups excluding tert-OH is 1. The van der Waals surface area contributed by atoms with Gasteiger partial charge in [-0.3, -0.25) is 9.09 Å². The zero-order valence-electron chi connectivity index (χ0n) is 17.7. The van der Waals surface area contributed by atoms with Gasteiger partial charge in [-0.1, -0.05) is 0 Å². The molecule has 4 unspecified atom stereocenters. The number of nitrogens with two attached hydrogens (primary N) is 1. The second-order valence-corrected chi connectivity index (χ2v) is 7.51. The highest BCUT2D eigenvalue weighted by atomic mass is 35.5. The first-order valence-corrected chi connectivity index (χ1v) is 11.0. The zero-order chi connectivity index (χ0) is 25.3. The molecule has 1 aromatic heterocycles. The predicted molar refractivity (Wildman–Crippen MR) is 108 cm³/mol. The highest BCUT2D eigenvalue weighted by Crippen LogP contribution is 2.37. The number of nitrogen functional groups attached to an aromatic ring is 1. The van der Waals surface area contributed by atoms with Crippen molar-refractivity contribution in [2.75, 3.05) is 25.5 Å². The van der Waals surface area contributed by atoms with Crippen LogP contribution in [0.25, 0.3) is 0 Å². The van der Waals surface area contributed by atoms with E-state index in [0.717, 1.165) is 0 Å². The van der Waals surface area contributed by atoms with Gasteiger partial charge in [-0.05, 0) is 13.8 Å². The van der Waals surface area contributed by atoms with Crippen molar-refractivity contribution in [2.45, 2.75) is 51.0 Å². The molecule has 0 amide bonds. The monoisotopic (exact) mass is 525 g/mol. The molecule has 0 radical (unpaired) electrons. The van der Waals surface area contributed by atoms with E-state index in [1.54, 1.807) is 13.8 Å². The normalized spacial score (nSPS) is 21.3. The largest absolute Gasteiger partial charge is 0.510 e. The molecule has 0 bridgehead atoms. The molecule has 0 aromatic carbocycles. The zero-order valence-corrected chi connectivity index (χ0v) is 19.3. The van der Waals surface area contributed by atoms with Crippen molar-refractivity contribution < 1.29 is 51.2 Å². The van der Waals surface area contributed by atoms with Crippen LogP contribution in [0, 0.1) is 0 Å². The Morgan fingerprint density at radius 2 is 2.06 bits per heavy atom. The summed E-state index contributed by atoms with van der Waals surface area (Å²) >= 11 is 4.64. The number of carbonyl (C=O) groups excluding carboxylic acids is 1. The van der Waals surface area contributed by atoms with E-state index >= 15 is 0 Å². The highest BCUT2D eigenvalue weighted by Gasteiger charge is 2.40. The summed E-state index contributed by atoms with van der Waals surface area (Å²) < 4.78 is 63.8. The first-order chi connectivity index (χ1) is 15.4. The van der Waals surface area contributed by atoms with Crippen LogP contribution in [0.1, 0.15) is 32.1 Å². The minimum atomic E-state index is -4.87. The van der Waals surface area contributed by atoms with Crippen LogP contribution in [-0.2, 0) is 29.4 Å². The fourth-order valence-electron chi connectivity index (χ4n) is 2.50. The molecule has 2 rings (SSSR count). The standard InChI is InChI=1S/C15H21F3N3O9P.CH3Cl/c1-7(2)29-14(24)26-6-28-31(25)27-5-8-3-10(22)12(30-8)21-4-9(15(16,17)18)11(19)20-13(21)23;1-2/h4,7-8,10,12,22,25H,3,5-6H2,1-2H3,(H2,19,20,23);1H3. The first kappa shape index (κ1) is 29.3. The lowest BCUT2D eigenvalue weighted by Crippen LogP contribution is -2.34. The molecule has 190 valence electrons. The Hall–Kier alpha value is -1.74. The molecular formula is C16H24ClF3N3O9P. The minimum absolute atomic E-state index is 0.122. The van der Waals surface area contributed by atoms with Gasteiger partial charge in [-0.15, -0.1) is 11.6 Å². The Labute approximate surface area is 192 Å². The number of carbonyl (C=O) groups is 1. The van der Waals surface area contributed by atoms with Gasteiger partial charge in [0.2, 0.25) is 6.79 Å². The van der Waals surface area contributed by atoms with Crippen LogP contribution in [-0.4, -0.2) is 63.8 Å². The van der Waals surface area contributed by atoms with Crippen molar-refractivity contribution in [3.63, 3.8) is 0 Å². The quantitative estimate of drug-likeness (QED) is 0.197. The Morgan fingerprint density at radius 3 is 2.64 bits per heavy atom. The molecule has 12 nitrogen and oxygen atoms in total. The van der Waals surface area contributed by atoms with Crippen LogP contribution in [0.4, 0.5) is 23.8 Å². The van der Waals surface area contributed by atoms with Gasteiger partial charge in [-0.2, -0.15) is 18.2 Å². The number of hydrogen-bond donors (Lipinski definition) is 3. The van der Waals surface area contributed by atoms with E-state index < -0.39 is 69.3 Å². The fourth-order valence-corrected chi connectivity index (χ4v) is 3.01. The Morgan fingerprint density at radius 1 is 1.42 bits per heavy atom. The summed E-state index contributed by atoms with van der Waals surface area (Å²) in [6, 6.07) is 0. The Balaban J connectivity index is 0.00000265. The Bertz CT molecular complexity index is 831. The van der Waals surface area contributed by atoms with Crippen molar-refractivity contribution in [3.8, 4) is 0 Å². The minimum Gasteiger partial charge on any atom is -0.432 e. The third kappa shape index (κ3) is 9.20. The molecule has 0 spiro atoms. The SMILES string of the molecule is CC(C)OC(=O)OCOP(O)OCC1CC(O)C(n2cc(C(F)(F)F)c(N)nc2=O)O1.CCl. The van der Waals surface area contributed by atoms with Crippen molar-refractivity contribution >= 4 is 32.2 Å². The van der Waals surface area contributed by atoms with Crippen LogP contribution in [0.2, 0.25) is 0 Å². The maximum Gasteiger partial charge on any atom is 0.510 e. The number of anilines is 1. The second-order valence-electron chi connectivity index (χ2n) is 6.52. The molecule has 33 heavy (non-hydrogen) atoms. The maximum absolute atomic E-state index is 13.0. The van der Waals surface area contributed by atoms with E-state index in [1.165, 1.54) is 6.38 Å². The molecule has 2 heterocycles. The summed E-state index contributed by atoms with van der Waals surface area (Å²) in [6.07, 6.45) is -8.26. The van der Waals surface area contributed by atoms with Gasteiger partial charge in [0.15, 0.2) is 6.23 Å². The molecule has 0 saturated carbocycles. The number of hydrogen-bond acceptors (Lipinski definition) is 11. The van der Waals surface area contributed by atoms with Crippen LogP contribution < -0.4 is 11.4 Å². The van der Waals surface area contributed by atoms with Gasteiger partial charge in [-0.25, -0.2) is 9.59 Å². The average Bonchev–Trinajstić information content (AvgIpc) is 3.07. The van der Waals surface area contributed by atoms with E-state index in [4.69, 9.17) is 19.5 Å². The van der Waals surface area contributed by atoms with Gasteiger partial charge in [0.05, 0.1) is 18.8 Å². The van der Waals surface area contributed by atoms with Crippen LogP contribution in [0.5, 0.6) is 0 Å². The van der Waals surface area contributed by atoms with Crippen LogP contribution in [0.3, 0.4) is 0 Å². The molecule has 4 N–H and O–H groups in total. The number of nitrogens with zero attached hydrogens (tertiary/aromatic N) is 2. The van der Waals surface area contributed by atoms with E-state index in [-0.39, 0.29) is 13.0 Å². The summed E-state index contributed by atoms with van der Waals surface area (Å²) in [5, 5.41) is 10.1. The van der Waals surface area contributed by atoms with Crippen LogP contribution in [0.15, 0.2) is 11.0 Å². The molecule has 1 fully saturated rings. The van der Waals surface area contributed by atoms with Crippen LogP contribution >= 0.6 is 20.2 Å². The van der Waals surface area contributed by atoms with Gasteiger partial charge in [0.25, 0.3) is 0 Å². The summed E-state index contributed by atoms with van der Waals surface area (Å²) in [5.74, 6) is -0.997. The molecule has 4 atom stereocenters. The molecule has 1 aromatic rings. The van der Waals surface area contributed by atoms with Gasteiger partial charge >= 0.3 is 26.6 Å². The van der Waals surface area contributed by atoms with E-state index in [0.29, 0.717) is 10.8 Å². The smallest absolute Gasteiger partial charge is 0.432 e. The third-order valence-electron chi connectivity index (χ3n) is 3.77. The number of alkyl halides is 4. The topological polar surface area (TPSA) is 165 Å². The average molecular weight is 526 g/mol. The molecule has 1 saturated heterocycles. The lowest BCUT2D eigenvalue weighted by atomic mass is 10.2. The number of aliphatic hydroxyl groups is 1.